The minimum atomic E-state index is 0.359. The first-order valence-corrected chi connectivity index (χ1v) is 4.66. The third-order valence-electron chi connectivity index (χ3n) is 3.27. The van der Waals surface area contributed by atoms with Crippen LogP contribution in [-0.2, 0) is 4.74 Å². The van der Waals surface area contributed by atoms with Crippen molar-refractivity contribution in [1.29, 1.82) is 0 Å². The Bertz CT molecular complexity index is 140. The van der Waals surface area contributed by atoms with E-state index in [4.69, 9.17) is 4.74 Å². The number of rotatable bonds is 0. The third kappa shape index (κ3) is 1.18. The van der Waals surface area contributed by atoms with Gasteiger partial charge in [0.15, 0.2) is 0 Å². The Balaban J connectivity index is 2.07. The van der Waals surface area contributed by atoms with Crippen LogP contribution in [0.5, 0.6) is 0 Å². The molecule has 2 rings (SSSR count). The van der Waals surface area contributed by atoms with Gasteiger partial charge in [0.2, 0.25) is 0 Å². The molecule has 2 fully saturated rings. The standard InChI is InChI=1S/C9H17NO/c1-8-3-6-11-7-9(8)4-2-5-10-9/h8,10H,2-7H2,1H3/t8-,9+/m0/s1. The molecule has 2 aliphatic rings. The minimum absolute atomic E-state index is 0.359. The Hall–Kier alpha value is -0.0800. The molecule has 1 spiro atoms. The summed E-state index contributed by atoms with van der Waals surface area (Å²) in [6, 6.07) is 0. The Morgan fingerprint density at radius 2 is 2.45 bits per heavy atom. The van der Waals surface area contributed by atoms with Crippen molar-refractivity contribution in [2.24, 2.45) is 5.92 Å². The summed E-state index contributed by atoms with van der Waals surface area (Å²) in [6.45, 7) is 5.44. The van der Waals surface area contributed by atoms with Crippen molar-refractivity contribution < 1.29 is 4.74 Å². The van der Waals surface area contributed by atoms with Crippen molar-refractivity contribution in [2.45, 2.75) is 31.7 Å². The lowest BCUT2D eigenvalue weighted by molar-refractivity contribution is -0.00530. The Morgan fingerprint density at radius 1 is 1.55 bits per heavy atom. The predicted octanol–water partition coefficient (Wildman–Crippen LogP) is 1.17. The monoisotopic (exact) mass is 155 g/mol. The second kappa shape index (κ2) is 2.76. The van der Waals surface area contributed by atoms with Crippen molar-refractivity contribution in [3.63, 3.8) is 0 Å². The zero-order valence-corrected chi connectivity index (χ0v) is 7.23. The second-order valence-corrected chi connectivity index (χ2v) is 3.93. The van der Waals surface area contributed by atoms with Gasteiger partial charge >= 0.3 is 0 Å². The highest BCUT2D eigenvalue weighted by molar-refractivity contribution is 4.98. The van der Waals surface area contributed by atoms with Crippen LogP contribution in [0.25, 0.3) is 0 Å². The van der Waals surface area contributed by atoms with E-state index >= 15 is 0 Å². The minimum Gasteiger partial charge on any atom is -0.380 e. The van der Waals surface area contributed by atoms with Crippen LogP contribution in [-0.4, -0.2) is 25.3 Å². The summed E-state index contributed by atoms with van der Waals surface area (Å²) in [7, 11) is 0. The van der Waals surface area contributed by atoms with E-state index < -0.39 is 0 Å². The summed E-state index contributed by atoms with van der Waals surface area (Å²) in [4.78, 5) is 0. The molecule has 0 aromatic heterocycles. The van der Waals surface area contributed by atoms with E-state index in [1.165, 1.54) is 25.8 Å². The predicted molar refractivity (Wildman–Crippen MR) is 44.6 cm³/mol. The molecule has 0 saturated carbocycles. The van der Waals surface area contributed by atoms with E-state index in [0.29, 0.717) is 5.54 Å². The van der Waals surface area contributed by atoms with E-state index in [2.05, 4.69) is 12.2 Å². The molecule has 2 saturated heterocycles. The fourth-order valence-electron chi connectivity index (χ4n) is 2.31. The molecule has 0 radical (unpaired) electrons. The summed E-state index contributed by atoms with van der Waals surface area (Å²) in [6.07, 6.45) is 3.87. The molecule has 2 nitrogen and oxygen atoms in total. The zero-order valence-electron chi connectivity index (χ0n) is 7.23. The van der Waals surface area contributed by atoms with Crippen LogP contribution in [0, 0.1) is 5.92 Å². The Labute approximate surface area is 68.3 Å². The first-order chi connectivity index (χ1) is 5.33. The van der Waals surface area contributed by atoms with Crippen molar-refractivity contribution in [2.75, 3.05) is 19.8 Å². The number of ether oxygens (including phenoxy) is 1. The molecule has 0 aromatic carbocycles. The SMILES string of the molecule is C[C@H]1CCOC[C@]12CCCN2. The normalized spacial score (nSPS) is 45.0. The van der Waals surface area contributed by atoms with Gasteiger partial charge in [0, 0.05) is 12.1 Å². The van der Waals surface area contributed by atoms with Gasteiger partial charge in [-0.15, -0.1) is 0 Å². The summed E-state index contributed by atoms with van der Waals surface area (Å²) >= 11 is 0. The second-order valence-electron chi connectivity index (χ2n) is 3.93. The van der Waals surface area contributed by atoms with Crippen molar-refractivity contribution in [1.82, 2.24) is 5.32 Å². The van der Waals surface area contributed by atoms with Crippen LogP contribution in [0.2, 0.25) is 0 Å². The Morgan fingerprint density at radius 3 is 3.09 bits per heavy atom. The molecule has 64 valence electrons. The quantitative estimate of drug-likeness (QED) is 0.567. The maximum absolute atomic E-state index is 5.52. The first kappa shape index (κ1) is 7.56. The van der Waals surface area contributed by atoms with Gasteiger partial charge in [-0.2, -0.15) is 0 Å². The molecule has 0 unspecified atom stereocenters. The lowest BCUT2D eigenvalue weighted by Crippen LogP contribution is -2.52. The van der Waals surface area contributed by atoms with Gasteiger partial charge < -0.3 is 10.1 Å². The van der Waals surface area contributed by atoms with Crippen LogP contribution in [0.15, 0.2) is 0 Å². The molecule has 2 heterocycles. The van der Waals surface area contributed by atoms with Crippen LogP contribution in [0.1, 0.15) is 26.2 Å². The van der Waals surface area contributed by atoms with Gasteiger partial charge in [0.25, 0.3) is 0 Å². The molecule has 2 aliphatic heterocycles. The molecular weight excluding hydrogens is 138 g/mol. The molecule has 2 atom stereocenters. The molecule has 0 bridgehead atoms. The van der Waals surface area contributed by atoms with Crippen molar-refractivity contribution >= 4 is 0 Å². The lowest BCUT2D eigenvalue weighted by Gasteiger charge is -2.39. The van der Waals surface area contributed by atoms with Crippen LogP contribution in [0.4, 0.5) is 0 Å². The molecule has 0 amide bonds. The molecule has 1 N–H and O–H groups in total. The van der Waals surface area contributed by atoms with Gasteiger partial charge in [-0.3, -0.25) is 0 Å². The fourth-order valence-corrected chi connectivity index (χ4v) is 2.31. The lowest BCUT2D eigenvalue weighted by atomic mass is 9.81. The molecular formula is C9H17NO. The molecule has 11 heavy (non-hydrogen) atoms. The van der Waals surface area contributed by atoms with Gasteiger partial charge in [0.1, 0.15) is 0 Å². The van der Waals surface area contributed by atoms with Crippen LogP contribution < -0.4 is 5.32 Å². The van der Waals surface area contributed by atoms with Crippen LogP contribution in [0.3, 0.4) is 0 Å². The molecule has 2 heteroatoms. The van der Waals surface area contributed by atoms with Gasteiger partial charge in [0.05, 0.1) is 6.61 Å². The average molecular weight is 155 g/mol. The first-order valence-electron chi connectivity index (χ1n) is 4.66. The highest BCUT2D eigenvalue weighted by Gasteiger charge is 2.40. The van der Waals surface area contributed by atoms with Crippen molar-refractivity contribution in [3.8, 4) is 0 Å². The third-order valence-corrected chi connectivity index (χ3v) is 3.27. The fraction of sp³-hybridized carbons (Fsp3) is 1.00. The average Bonchev–Trinajstić information content (AvgIpc) is 2.46. The Kier molecular flexibility index (Phi) is 1.90. The highest BCUT2D eigenvalue weighted by Crippen LogP contribution is 2.33. The number of hydrogen-bond donors (Lipinski definition) is 1. The molecule has 0 aliphatic carbocycles. The largest absolute Gasteiger partial charge is 0.380 e. The van der Waals surface area contributed by atoms with Gasteiger partial charge in [-0.25, -0.2) is 0 Å². The van der Waals surface area contributed by atoms with E-state index in [0.717, 1.165) is 19.1 Å². The highest BCUT2D eigenvalue weighted by atomic mass is 16.5. The van der Waals surface area contributed by atoms with E-state index in [-0.39, 0.29) is 0 Å². The summed E-state index contributed by atoms with van der Waals surface area (Å²) in [5.41, 5.74) is 0.359. The number of nitrogens with one attached hydrogen (secondary N) is 1. The van der Waals surface area contributed by atoms with Gasteiger partial charge in [-0.05, 0) is 31.7 Å². The van der Waals surface area contributed by atoms with Gasteiger partial charge in [-0.1, -0.05) is 6.92 Å². The van der Waals surface area contributed by atoms with E-state index in [1.807, 2.05) is 0 Å². The maximum atomic E-state index is 5.52. The van der Waals surface area contributed by atoms with E-state index in [1.54, 1.807) is 0 Å². The summed E-state index contributed by atoms with van der Waals surface area (Å²) in [5.74, 6) is 0.804. The summed E-state index contributed by atoms with van der Waals surface area (Å²) < 4.78 is 5.52. The smallest absolute Gasteiger partial charge is 0.0650 e. The van der Waals surface area contributed by atoms with Crippen LogP contribution >= 0.6 is 0 Å². The van der Waals surface area contributed by atoms with E-state index in [9.17, 15) is 0 Å². The molecule has 0 aromatic rings. The topological polar surface area (TPSA) is 21.3 Å². The zero-order chi connectivity index (χ0) is 7.73. The maximum Gasteiger partial charge on any atom is 0.0650 e. The number of hydrogen-bond acceptors (Lipinski definition) is 2. The summed E-state index contributed by atoms with van der Waals surface area (Å²) in [5, 5.41) is 3.60. The van der Waals surface area contributed by atoms with Crippen molar-refractivity contribution in [3.05, 3.63) is 0 Å².